The van der Waals surface area contributed by atoms with E-state index >= 15 is 0 Å². The van der Waals surface area contributed by atoms with E-state index in [1.54, 1.807) is 23.1 Å². The highest BCUT2D eigenvalue weighted by molar-refractivity contribution is 8.15. The molecule has 2 aliphatic heterocycles. The Morgan fingerprint density at radius 1 is 1.32 bits per heavy atom. The van der Waals surface area contributed by atoms with Crippen LogP contribution in [0.4, 0.5) is 5.69 Å². The summed E-state index contributed by atoms with van der Waals surface area (Å²) < 4.78 is 23.4. The van der Waals surface area contributed by atoms with E-state index in [1.165, 1.54) is 11.8 Å². The van der Waals surface area contributed by atoms with Crippen molar-refractivity contribution in [2.24, 2.45) is 0 Å². The molecule has 8 heteroatoms. The number of halogens is 2. The highest BCUT2D eigenvalue weighted by atomic mass is 35.5. The van der Waals surface area contributed by atoms with Crippen LogP contribution in [-0.2, 0) is 9.84 Å². The van der Waals surface area contributed by atoms with Crippen LogP contribution in [0.5, 0.6) is 0 Å². The lowest BCUT2D eigenvalue weighted by Gasteiger charge is -2.25. The fourth-order valence-electron chi connectivity index (χ4n) is 2.46. The van der Waals surface area contributed by atoms with Gasteiger partial charge in [0.15, 0.2) is 15.0 Å². The smallest absolute Gasteiger partial charge is 0.161 e. The van der Waals surface area contributed by atoms with Crippen molar-refractivity contribution >= 4 is 55.7 Å². The number of amidine groups is 1. The van der Waals surface area contributed by atoms with Crippen molar-refractivity contribution in [2.45, 2.75) is 11.3 Å². The minimum Gasteiger partial charge on any atom is -0.315 e. The van der Waals surface area contributed by atoms with Gasteiger partial charge in [-0.15, -0.1) is 0 Å². The molecule has 0 bridgehead atoms. The predicted octanol–water partition coefficient (Wildman–Crippen LogP) is 2.65. The lowest BCUT2D eigenvalue weighted by Crippen LogP contribution is -2.37. The van der Waals surface area contributed by atoms with Gasteiger partial charge in [0.05, 0.1) is 28.3 Å². The molecule has 2 atom stereocenters. The molecule has 2 fully saturated rings. The molecule has 0 unspecified atom stereocenters. The van der Waals surface area contributed by atoms with E-state index in [2.05, 4.69) is 0 Å². The van der Waals surface area contributed by atoms with Gasteiger partial charge in [-0.3, -0.25) is 5.41 Å². The second-order valence-corrected chi connectivity index (χ2v) is 8.80. The third-order valence-corrected chi connectivity index (χ3v) is 6.94. The summed E-state index contributed by atoms with van der Waals surface area (Å²) in [6.45, 7) is 0. The van der Waals surface area contributed by atoms with Crippen molar-refractivity contribution in [3.05, 3.63) is 28.2 Å². The van der Waals surface area contributed by atoms with Crippen LogP contribution >= 0.6 is 35.0 Å². The van der Waals surface area contributed by atoms with E-state index in [-0.39, 0.29) is 22.8 Å². The standard InChI is InChI=1S/C11H10Cl2N2O2S2/c12-6-1-2-7(13)8(3-6)15-9-4-19(16,17)5-10(9)18-11(15)14/h1-3,9-10,14H,4-5H2/t9-,10+/m1/s1. The molecule has 102 valence electrons. The first kappa shape index (κ1) is 13.5. The minimum absolute atomic E-state index is 0.0654. The summed E-state index contributed by atoms with van der Waals surface area (Å²) in [4.78, 5) is 1.69. The van der Waals surface area contributed by atoms with Crippen molar-refractivity contribution in [1.82, 2.24) is 0 Å². The first-order valence-electron chi connectivity index (χ1n) is 5.57. The molecule has 0 spiro atoms. The maximum Gasteiger partial charge on any atom is 0.161 e. The van der Waals surface area contributed by atoms with E-state index in [4.69, 9.17) is 28.6 Å². The summed E-state index contributed by atoms with van der Waals surface area (Å²) in [7, 11) is -3.03. The highest BCUT2D eigenvalue weighted by Crippen LogP contribution is 2.43. The van der Waals surface area contributed by atoms with Crippen molar-refractivity contribution in [3.8, 4) is 0 Å². The number of rotatable bonds is 1. The Bertz CT molecular complexity index is 663. The van der Waals surface area contributed by atoms with Crippen molar-refractivity contribution in [3.63, 3.8) is 0 Å². The topological polar surface area (TPSA) is 61.2 Å². The molecule has 3 rings (SSSR count). The summed E-state index contributed by atoms with van der Waals surface area (Å²) in [5.74, 6) is 0.190. The Balaban J connectivity index is 2.04. The fourth-order valence-corrected chi connectivity index (χ4v) is 6.62. The number of anilines is 1. The van der Waals surface area contributed by atoms with Gasteiger partial charge in [0.25, 0.3) is 0 Å². The first-order chi connectivity index (χ1) is 8.87. The molecular formula is C11H10Cl2N2O2S2. The fraction of sp³-hybridized carbons (Fsp3) is 0.364. The Morgan fingerprint density at radius 3 is 2.79 bits per heavy atom. The summed E-state index contributed by atoms with van der Waals surface area (Å²) in [5, 5.41) is 9.26. The number of thioether (sulfide) groups is 1. The largest absolute Gasteiger partial charge is 0.315 e. The van der Waals surface area contributed by atoms with Gasteiger partial charge in [-0.05, 0) is 18.2 Å². The molecule has 0 aliphatic carbocycles. The molecule has 0 amide bonds. The normalized spacial score (nSPS) is 28.7. The molecule has 2 heterocycles. The number of benzene rings is 1. The first-order valence-corrected chi connectivity index (χ1v) is 9.03. The molecule has 2 saturated heterocycles. The van der Waals surface area contributed by atoms with E-state index in [1.807, 2.05) is 0 Å². The van der Waals surface area contributed by atoms with Crippen LogP contribution < -0.4 is 4.90 Å². The third-order valence-electron chi connectivity index (χ3n) is 3.25. The summed E-state index contributed by atoms with van der Waals surface area (Å²) in [5.41, 5.74) is 0.608. The zero-order valence-corrected chi connectivity index (χ0v) is 12.8. The monoisotopic (exact) mass is 336 g/mol. The number of sulfone groups is 1. The van der Waals surface area contributed by atoms with Crippen LogP contribution in [0.2, 0.25) is 10.0 Å². The average molecular weight is 337 g/mol. The van der Waals surface area contributed by atoms with Gasteiger partial charge in [0, 0.05) is 10.3 Å². The second kappa shape index (κ2) is 4.55. The highest BCUT2D eigenvalue weighted by Gasteiger charge is 2.49. The van der Waals surface area contributed by atoms with Crippen molar-refractivity contribution in [2.75, 3.05) is 16.4 Å². The molecule has 1 aromatic rings. The summed E-state index contributed by atoms with van der Waals surface area (Å²) >= 11 is 13.4. The molecule has 0 aromatic heterocycles. The summed E-state index contributed by atoms with van der Waals surface area (Å²) in [6.07, 6.45) is 0. The zero-order valence-electron chi connectivity index (χ0n) is 9.64. The lowest BCUT2D eigenvalue weighted by molar-refractivity contribution is 0.601. The maximum absolute atomic E-state index is 11.7. The quantitative estimate of drug-likeness (QED) is 0.856. The maximum atomic E-state index is 11.7. The van der Waals surface area contributed by atoms with Gasteiger partial charge in [0.2, 0.25) is 0 Å². The van der Waals surface area contributed by atoms with Crippen LogP contribution in [0.3, 0.4) is 0 Å². The van der Waals surface area contributed by atoms with Gasteiger partial charge in [-0.25, -0.2) is 8.42 Å². The van der Waals surface area contributed by atoms with Crippen molar-refractivity contribution in [1.29, 1.82) is 5.41 Å². The number of hydrogen-bond donors (Lipinski definition) is 1. The number of fused-ring (bicyclic) bond motifs is 1. The van der Waals surface area contributed by atoms with Crippen molar-refractivity contribution < 1.29 is 8.42 Å². The second-order valence-electron chi connectivity index (χ2n) is 4.57. The van der Waals surface area contributed by atoms with Gasteiger partial charge in [-0.1, -0.05) is 35.0 Å². The molecule has 0 radical (unpaired) electrons. The van der Waals surface area contributed by atoms with Gasteiger partial charge >= 0.3 is 0 Å². The molecule has 1 aromatic carbocycles. The lowest BCUT2D eigenvalue weighted by atomic mass is 10.2. The third kappa shape index (κ3) is 2.35. The van der Waals surface area contributed by atoms with E-state index in [0.29, 0.717) is 20.9 Å². The predicted molar refractivity (Wildman–Crippen MR) is 80.5 cm³/mol. The Labute approximate surface area is 125 Å². The van der Waals surface area contributed by atoms with E-state index < -0.39 is 9.84 Å². The van der Waals surface area contributed by atoms with Crippen LogP contribution in [0.25, 0.3) is 0 Å². The molecule has 2 aliphatic rings. The summed E-state index contributed by atoms with van der Waals surface area (Å²) in [6, 6.07) is 4.78. The van der Waals surface area contributed by atoms with Crippen LogP contribution in [0.1, 0.15) is 0 Å². The number of hydrogen-bond acceptors (Lipinski definition) is 4. The SMILES string of the molecule is N=C1S[C@H]2CS(=O)(=O)C[C@H]2N1c1cc(Cl)ccc1Cl. The van der Waals surface area contributed by atoms with Crippen LogP contribution in [0, 0.1) is 5.41 Å². The van der Waals surface area contributed by atoms with Gasteiger partial charge < -0.3 is 4.90 Å². The van der Waals surface area contributed by atoms with Gasteiger partial charge in [0.1, 0.15) is 0 Å². The Morgan fingerprint density at radius 2 is 2.05 bits per heavy atom. The molecule has 19 heavy (non-hydrogen) atoms. The molecular weight excluding hydrogens is 327 g/mol. The van der Waals surface area contributed by atoms with Crippen LogP contribution in [-0.4, -0.2) is 36.4 Å². The minimum atomic E-state index is -3.03. The number of nitrogens with one attached hydrogen (secondary N) is 1. The van der Waals surface area contributed by atoms with E-state index in [9.17, 15) is 8.42 Å². The van der Waals surface area contributed by atoms with Crippen LogP contribution in [0.15, 0.2) is 18.2 Å². The zero-order chi connectivity index (χ0) is 13.8. The molecule has 0 saturated carbocycles. The average Bonchev–Trinajstić information content (AvgIpc) is 2.73. The Kier molecular flexibility index (Phi) is 3.24. The van der Waals surface area contributed by atoms with E-state index in [0.717, 1.165) is 0 Å². The molecule has 1 N–H and O–H groups in total. The Hall–Kier alpha value is -0.430. The molecule has 4 nitrogen and oxygen atoms in total. The number of nitrogens with zero attached hydrogens (tertiary/aromatic N) is 1. The van der Waals surface area contributed by atoms with Gasteiger partial charge in [-0.2, -0.15) is 0 Å².